The van der Waals surface area contributed by atoms with E-state index in [9.17, 15) is 22.4 Å². The number of benzene rings is 3. The molecule has 1 aromatic heterocycles. The fourth-order valence-corrected chi connectivity index (χ4v) is 4.48. The summed E-state index contributed by atoms with van der Waals surface area (Å²) in [6.07, 6.45) is -4.07. The molecule has 2 heterocycles. The second kappa shape index (κ2) is 7.95. The predicted molar refractivity (Wildman–Crippen MR) is 117 cm³/mol. The van der Waals surface area contributed by atoms with Crippen LogP contribution < -0.4 is 5.32 Å². The number of para-hydroxylation sites is 2. The number of alkyl halides is 3. The number of nitrogens with zero attached hydrogens (tertiary/aromatic N) is 1. The number of amides is 2. The summed E-state index contributed by atoms with van der Waals surface area (Å²) in [4.78, 5) is 18.1. The monoisotopic (exact) mass is 453 g/mol. The third-order valence-electron chi connectivity index (χ3n) is 5.96. The molecule has 4 aromatic rings. The third-order valence-corrected chi connectivity index (χ3v) is 5.96. The highest BCUT2D eigenvalue weighted by molar-refractivity contribution is 5.92. The fraction of sp³-hybridized carbons (Fsp3) is 0.160. The van der Waals surface area contributed by atoms with Crippen molar-refractivity contribution in [2.24, 2.45) is 0 Å². The van der Waals surface area contributed by atoms with Crippen LogP contribution >= 0.6 is 0 Å². The largest absolute Gasteiger partial charge is 0.418 e. The third kappa shape index (κ3) is 3.82. The summed E-state index contributed by atoms with van der Waals surface area (Å²) in [5.74, 6) is -0.415. The number of carbonyl (C=O) groups is 1. The molecule has 1 aliphatic rings. The van der Waals surface area contributed by atoms with Crippen LogP contribution in [0.15, 0.2) is 72.8 Å². The van der Waals surface area contributed by atoms with E-state index in [4.69, 9.17) is 0 Å². The van der Waals surface area contributed by atoms with Crippen LogP contribution in [0.4, 0.5) is 28.0 Å². The molecule has 0 saturated carbocycles. The van der Waals surface area contributed by atoms with Gasteiger partial charge in [0.25, 0.3) is 0 Å². The summed E-state index contributed by atoms with van der Waals surface area (Å²) in [6.45, 7) is 0.289. The van der Waals surface area contributed by atoms with E-state index in [0.717, 1.165) is 28.2 Å². The highest BCUT2D eigenvalue weighted by atomic mass is 19.4. The van der Waals surface area contributed by atoms with Gasteiger partial charge < -0.3 is 15.2 Å². The molecule has 2 amide bonds. The second-order valence-corrected chi connectivity index (χ2v) is 7.93. The van der Waals surface area contributed by atoms with E-state index in [2.05, 4.69) is 10.3 Å². The number of anilines is 1. The van der Waals surface area contributed by atoms with Gasteiger partial charge in [0.1, 0.15) is 5.82 Å². The highest BCUT2D eigenvalue weighted by Gasteiger charge is 2.37. The van der Waals surface area contributed by atoms with Gasteiger partial charge in [0.2, 0.25) is 0 Å². The fourth-order valence-electron chi connectivity index (χ4n) is 4.48. The number of nitrogens with one attached hydrogen (secondary N) is 2. The molecule has 1 aliphatic heterocycles. The Morgan fingerprint density at radius 1 is 0.970 bits per heavy atom. The van der Waals surface area contributed by atoms with Gasteiger partial charge in [-0.25, -0.2) is 9.18 Å². The van der Waals surface area contributed by atoms with Crippen molar-refractivity contribution in [3.8, 4) is 0 Å². The lowest BCUT2D eigenvalue weighted by molar-refractivity contribution is -0.136. The number of fused-ring (bicyclic) bond motifs is 3. The molecule has 3 aromatic carbocycles. The molecular formula is C25H19F4N3O. The summed E-state index contributed by atoms with van der Waals surface area (Å²) in [7, 11) is 0. The molecule has 33 heavy (non-hydrogen) atoms. The molecule has 0 unspecified atom stereocenters. The van der Waals surface area contributed by atoms with Crippen molar-refractivity contribution in [2.45, 2.75) is 18.6 Å². The SMILES string of the molecule is O=C(Nc1ccccc1C(F)(F)F)N1CCc2c([nH]c3ccccc23)[C@H]1c1ccc(F)cc1. The van der Waals surface area contributed by atoms with E-state index in [0.29, 0.717) is 12.0 Å². The molecule has 0 saturated heterocycles. The first-order valence-electron chi connectivity index (χ1n) is 10.4. The smallest absolute Gasteiger partial charge is 0.356 e. The summed E-state index contributed by atoms with van der Waals surface area (Å²) >= 11 is 0. The van der Waals surface area contributed by atoms with Crippen LogP contribution in [-0.2, 0) is 12.6 Å². The Bertz CT molecular complexity index is 1330. The molecule has 5 rings (SSSR count). The number of hydrogen-bond acceptors (Lipinski definition) is 1. The van der Waals surface area contributed by atoms with Crippen molar-refractivity contribution in [1.82, 2.24) is 9.88 Å². The molecule has 0 aliphatic carbocycles. The second-order valence-electron chi connectivity index (χ2n) is 7.93. The lowest BCUT2D eigenvalue weighted by atomic mass is 9.92. The van der Waals surface area contributed by atoms with Crippen LogP contribution in [0.2, 0.25) is 0 Å². The van der Waals surface area contributed by atoms with Crippen molar-refractivity contribution in [2.75, 3.05) is 11.9 Å². The molecule has 4 nitrogen and oxygen atoms in total. The molecule has 0 fully saturated rings. The minimum atomic E-state index is -4.60. The van der Waals surface area contributed by atoms with Crippen LogP contribution in [0.5, 0.6) is 0 Å². The van der Waals surface area contributed by atoms with E-state index in [1.54, 1.807) is 12.1 Å². The average molecular weight is 453 g/mol. The molecular weight excluding hydrogens is 434 g/mol. The van der Waals surface area contributed by atoms with Gasteiger partial charge in [0.15, 0.2) is 0 Å². The number of hydrogen-bond donors (Lipinski definition) is 2. The minimum Gasteiger partial charge on any atom is -0.356 e. The number of urea groups is 1. The first-order chi connectivity index (χ1) is 15.8. The van der Waals surface area contributed by atoms with Gasteiger partial charge in [-0.1, -0.05) is 42.5 Å². The van der Waals surface area contributed by atoms with Gasteiger partial charge in [0, 0.05) is 23.1 Å². The lowest BCUT2D eigenvalue weighted by Crippen LogP contribution is -2.43. The molecule has 1 atom stereocenters. The molecule has 0 spiro atoms. The number of rotatable bonds is 2. The minimum absolute atomic E-state index is 0.289. The van der Waals surface area contributed by atoms with Gasteiger partial charge in [0.05, 0.1) is 17.3 Å². The van der Waals surface area contributed by atoms with Gasteiger partial charge in [-0.3, -0.25) is 0 Å². The topological polar surface area (TPSA) is 48.1 Å². The standard InChI is InChI=1S/C25H19F4N3O/c26-16-11-9-15(10-12-16)23-22-18(17-5-1-3-7-20(17)30-22)13-14-32(23)24(33)31-21-8-4-2-6-19(21)25(27,28)29/h1-12,23,30H,13-14H2,(H,31,33)/t23-/m1/s1. The Morgan fingerprint density at radius 3 is 2.42 bits per heavy atom. The van der Waals surface area contributed by atoms with Crippen molar-refractivity contribution < 1.29 is 22.4 Å². The Hall–Kier alpha value is -3.81. The van der Waals surface area contributed by atoms with Crippen molar-refractivity contribution in [1.29, 1.82) is 0 Å². The first-order valence-corrected chi connectivity index (χ1v) is 10.4. The first kappa shape index (κ1) is 21.1. The molecule has 0 bridgehead atoms. The summed E-state index contributed by atoms with van der Waals surface area (Å²) in [5.41, 5.74) is 2.14. The summed E-state index contributed by atoms with van der Waals surface area (Å²) in [6, 6.07) is 17.1. The van der Waals surface area contributed by atoms with Crippen LogP contribution in [0.25, 0.3) is 10.9 Å². The van der Waals surface area contributed by atoms with E-state index in [-0.39, 0.29) is 12.2 Å². The van der Waals surface area contributed by atoms with Gasteiger partial charge in [-0.15, -0.1) is 0 Å². The maximum absolute atomic E-state index is 13.6. The normalized spacial score (nSPS) is 16.0. The average Bonchev–Trinajstić information content (AvgIpc) is 3.17. The number of aromatic amines is 1. The molecule has 0 radical (unpaired) electrons. The number of carbonyl (C=O) groups excluding carboxylic acids is 1. The Kier molecular flexibility index (Phi) is 5.08. The quantitative estimate of drug-likeness (QED) is 0.334. The maximum atomic E-state index is 13.6. The van der Waals surface area contributed by atoms with E-state index in [1.807, 2.05) is 24.3 Å². The Morgan fingerprint density at radius 2 is 1.67 bits per heavy atom. The number of aromatic nitrogens is 1. The predicted octanol–water partition coefficient (Wildman–Crippen LogP) is 6.51. The molecule has 168 valence electrons. The lowest BCUT2D eigenvalue weighted by Gasteiger charge is -2.36. The van der Waals surface area contributed by atoms with Gasteiger partial charge in [-0.2, -0.15) is 13.2 Å². The summed E-state index contributed by atoms with van der Waals surface area (Å²) in [5, 5.41) is 3.47. The van der Waals surface area contributed by atoms with E-state index >= 15 is 0 Å². The number of halogens is 4. The maximum Gasteiger partial charge on any atom is 0.418 e. The van der Waals surface area contributed by atoms with Crippen LogP contribution in [-0.4, -0.2) is 22.5 Å². The van der Waals surface area contributed by atoms with Crippen LogP contribution in [0.3, 0.4) is 0 Å². The Labute approximate surface area is 186 Å². The zero-order valence-electron chi connectivity index (χ0n) is 17.3. The van der Waals surface area contributed by atoms with Crippen molar-refractivity contribution in [3.63, 3.8) is 0 Å². The van der Waals surface area contributed by atoms with E-state index < -0.39 is 29.6 Å². The van der Waals surface area contributed by atoms with Crippen molar-refractivity contribution in [3.05, 3.63) is 101 Å². The highest BCUT2D eigenvalue weighted by Crippen LogP contribution is 2.39. The molecule has 2 N–H and O–H groups in total. The zero-order chi connectivity index (χ0) is 23.2. The van der Waals surface area contributed by atoms with Gasteiger partial charge in [-0.05, 0) is 47.9 Å². The zero-order valence-corrected chi connectivity index (χ0v) is 17.3. The van der Waals surface area contributed by atoms with Gasteiger partial charge >= 0.3 is 12.2 Å². The van der Waals surface area contributed by atoms with Crippen LogP contribution in [0.1, 0.15) is 28.4 Å². The molecule has 8 heteroatoms. The van der Waals surface area contributed by atoms with Crippen LogP contribution in [0, 0.1) is 5.82 Å². The Balaban J connectivity index is 1.57. The summed E-state index contributed by atoms with van der Waals surface area (Å²) < 4.78 is 53.9. The number of H-pyrrole nitrogens is 1. The van der Waals surface area contributed by atoms with Crippen molar-refractivity contribution >= 4 is 22.6 Å². The van der Waals surface area contributed by atoms with E-state index in [1.165, 1.54) is 35.2 Å².